The first kappa shape index (κ1) is 12.7. The Kier molecular flexibility index (Phi) is 4.04. The van der Waals surface area contributed by atoms with E-state index in [1.54, 1.807) is 0 Å². The molecule has 1 aliphatic carbocycles. The Morgan fingerprint density at radius 1 is 1.33 bits per heavy atom. The number of allylic oxidation sites excluding steroid dienone is 2. The summed E-state index contributed by atoms with van der Waals surface area (Å²) < 4.78 is 0. The molecule has 0 fully saturated rings. The maximum absolute atomic E-state index is 9.38. The Labute approximate surface area is 109 Å². The molecule has 1 N–H and O–H groups in total. The fraction of sp³-hybridized carbons (Fsp3) is 0.438. The first-order chi connectivity index (χ1) is 8.69. The molecule has 2 heteroatoms. The molecule has 1 aromatic carbocycles. The number of para-hydroxylation sites is 1. The molecule has 2 nitrogen and oxygen atoms in total. The van der Waals surface area contributed by atoms with E-state index in [4.69, 9.17) is 0 Å². The van der Waals surface area contributed by atoms with E-state index in [0.29, 0.717) is 11.8 Å². The lowest BCUT2D eigenvalue weighted by atomic mass is 9.80. The maximum atomic E-state index is 9.38. The quantitative estimate of drug-likeness (QED) is 0.811. The van der Waals surface area contributed by atoms with Crippen LogP contribution in [0.25, 0.3) is 0 Å². The van der Waals surface area contributed by atoms with E-state index >= 15 is 0 Å². The van der Waals surface area contributed by atoms with Gasteiger partial charge < -0.3 is 5.32 Å². The van der Waals surface area contributed by atoms with Gasteiger partial charge in [0.2, 0.25) is 0 Å². The molecule has 0 radical (unpaired) electrons. The van der Waals surface area contributed by atoms with Crippen LogP contribution in [0.4, 0.5) is 5.69 Å². The van der Waals surface area contributed by atoms with Crippen molar-refractivity contribution in [3.05, 3.63) is 42.0 Å². The second kappa shape index (κ2) is 5.73. The minimum Gasteiger partial charge on any atom is -0.370 e. The summed E-state index contributed by atoms with van der Waals surface area (Å²) in [6.45, 7) is 4.40. The predicted molar refractivity (Wildman–Crippen MR) is 75.1 cm³/mol. The standard InChI is InChI=1S/C16H20N2/c1-12-8-13(2)10-14(9-12)16(11-17)18-15-6-4-3-5-7-15/h3-8,12,14,16,18H,9-10H2,1-2H3. The Bertz CT molecular complexity index is 456. The average molecular weight is 240 g/mol. The lowest BCUT2D eigenvalue weighted by molar-refractivity contribution is 0.388. The zero-order valence-corrected chi connectivity index (χ0v) is 11.1. The molecule has 94 valence electrons. The van der Waals surface area contributed by atoms with E-state index in [1.807, 2.05) is 30.3 Å². The van der Waals surface area contributed by atoms with Crippen LogP contribution in [0.3, 0.4) is 0 Å². The summed E-state index contributed by atoms with van der Waals surface area (Å²) in [5.41, 5.74) is 2.44. The van der Waals surface area contributed by atoms with Gasteiger partial charge >= 0.3 is 0 Å². The number of hydrogen-bond donors (Lipinski definition) is 1. The molecule has 0 spiro atoms. The summed E-state index contributed by atoms with van der Waals surface area (Å²) >= 11 is 0. The van der Waals surface area contributed by atoms with Crippen molar-refractivity contribution >= 4 is 5.69 Å². The van der Waals surface area contributed by atoms with E-state index in [0.717, 1.165) is 18.5 Å². The topological polar surface area (TPSA) is 35.8 Å². The van der Waals surface area contributed by atoms with Crippen molar-refractivity contribution in [3.63, 3.8) is 0 Å². The third kappa shape index (κ3) is 3.13. The van der Waals surface area contributed by atoms with Crippen molar-refractivity contribution < 1.29 is 0 Å². The molecule has 1 aromatic rings. The van der Waals surface area contributed by atoms with Crippen LogP contribution >= 0.6 is 0 Å². The normalized spacial score (nSPS) is 24.8. The molecule has 3 atom stereocenters. The van der Waals surface area contributed by atoms with E-state index in [9.17, 15) is 5.26 Å². The predicted octanol–water partition coefficient (Wildman–Crippen LogP) is 3.98. The fourth-order valence-electron chi connectivity index (χ4n) is 2.82. The number of rotatable bonds is 3. The molecule has 0 saturated heterocycles. The summed E-state index contributed by atoms with van der Waals surface area (Å²) in [7, 11) is 0. The summed E-state index contributed by atoms with van der Waals surface area (Å²) in [5, 5.41) is 12.7. The number of anilines is 1. The summed E-state index contributed by atoms with van der Waals surface area (Å²) in [6.07, 6.45) is 4.45. The third-order valence-electron chi connectivity index (χ3n) is 3.53. The molecule has 18 heavy (non-hydrogen) atoms. The largest absolute Gasteiger partial charge is 0.370 e. The average Bonchev–Trinajstić information content (AvgIpc) is 2.36. The van der Waals surface area contributed by atoms with Gasteiger partial charge in [0.25, 0.3) is 0 Å². The smallest absolute Gasteiger partial charge is 0.117 e. The van der Waals surface area contributed by atoms with E-state index in [-0.39, 0.29) is 6.04 Å². The monoisotopic (exact) mass is 240 g/mol. The first-order valence-corrected chi connectivity index (χ1v) is 6.57. The number of nitrogens with one attached hydrogen (secondary N) is 1. The molecule has 0 aromatic heterocycles. The molecule has 0 heterocycles. The van der Waals surface area contributed by atoms with Crippen LogP contribution in [0, 0.1) is 23.2 Å². The highest BCUT2D eigenvalue weighted by molar-refractivity contribution is 5.45. The molecular weight excluding hydrogens is 220 g/mol. The van der Waals surface area contributed by atoms with Crippen molar-refractivity contribution in [2.24, 2.45) is 11.8 Å². The third-order valence-corrected chi connectivity index (χ3v) is 3.53. The highest BCUT2D eigenvalue weighted by Crippen LogP contribution is 2.31. The minimum atomic E-state index is -0.0986. The molecule has 2 rings (SSSR count). The van der Waals surface area contributed by atoms with Gasteiger partial charge in [-0.2, -0.15) is 5.26 Å². The zero-order valence-electron chi connectivity index (χ0n) is 11.1. The van der Waals surface area contributed by atoms with Crippen molar-refractivity contribution in [1.29, 1.82) is 5.26 Å². The molecule has 0 bridgehead atoms. The maximum Gasteiger partial charge on any atom is 0.117 e. The Balaban J connectivity index is 2.06. The zero-order chi connectivity index (χ0) is 13.0. The molecule has 0 saturated carbocycles. The molecule has 0 aliphatic heterocycles. The molecule has 0 amide bonds. The molecule has 3 unspecified atom stereocenters. The van der Waals surface area contributed by atoms with Crippen LogP contribution in [0.1, 0.15) is 26.7 Å². The van der Waals surface area contributed by atoms with Crippen molar-refractivity contribution in [1.82, 2.24) is 0 Å². The number of benzene rings is 1. The van der Waals surface area contributed by atoms with E-state index < -0.39 is 0 Å². The van der Waals surface area contributed by atoms with Crippen molar-refractivity contribution in [2.45, 2.75) is 32.7 Å². The van der Waals surface area contributed by atoms with Crippen LogP contribution < -0.4 is 5.32 Å². The lowest BCUT2D eigenvalue weighted by Crippen LogP contribution is -2.30. The van der Waals surface area contributed by atoms with Gasteiger partial charge in [0.05, 0.1) is 6.07 Å². The van der Waals surface area contributed by atoms with E-state index in [2.05, 4.69) is 31.3 Å². The molecular formula is C16H20N2. The van der Waals surface area contributed by atoms with Crippen LogP contribution in [0.5, 0.6) is 0 Å². The Morgan fingerprint density at radius 3 is 2.67 bits per heavy atom. The van der Waals surface area contributed by atoms with Crippen LogP contribution in [0.2, 0.25) is 0 Å². The van der Waals surface area contributed by atoms with Crippen molar-refractivity contribution in [3.8, 4) is 6.07 Å². The lowest BCUT2D eigenvalue weighted by Gasteiger charge is -2.29. The number of nitriles is 1. The van der Waals surface area contributed by atoms with Crippen LogP contribution in [0.15, 0.2) is 42.0 Å². The minimum absolute atomic E-state index is 0.0986. The second-order valence-electron chi connectivity index (χ2n) is 5.31. The highest BCUT2D eigenvalue weighted by atomic mass is 14.9. The highest BCUT2D eigenvalue weighted by Gasteiger charge is 2.26. The summed E-state index contributed by atoms with van der Waals surface area (Å²) in [4.78, 5) is 0. The van der Waals surface area contributed by atoms with Gasteiger partial charge in [-0.15, -0.1) is 0 Å². The van der Waals surface area contributed by atoms with Gasteiger partial charge in [-0.1, -0.05) is 36.8 Å². The number of nitrogens with zero attached hydrogens (tertiary/aromatic N) is 1. The van der Waals surface area contributed by atoms with Gasteiger partial charge in [-0.05, 0) is 43.7 Å². The van der Waals surface area contributed by atoms with Crippen LogP contribution in [-0.4, -0.2) is 6.04 Å². The Hall–Kier alpha value is -1.75. The van der Waals surface area contributed by atoms with Gasteiger partial charge in [0, 0.05) is 5.69 Å². The number of hydrogen-bond acceptors (Lipinski definition) is 2. The van der Waals surface area contributed by atoms with Gasteiger partial charge in [0.15, 0.2) is 0 Å². The van der Waals surface area contributed by atoms with Crippen molar-refractivity contribution in [2.75, 3.05) is 5.32 Å². The SMILES string of the molecule is CC1=CC(C)CC(C(C#N)Nc2ccccc2)C1. The van der Waals surface area contributed by atoms with E-state index in [1.165, 1.54) is 5.57 Å². The van der Waals surface area contributed by atoms with Crippen LogP contribution in [-0.2, 0) is 0 Å². The first-order valence-electron chi connectivity index (χ1n) is 6.57. The Morgan fingerprint density at radius 2 is 2.06 bits per heavy atom. The van der Waals surface area contributed by atoms with Gasteiger partial charge in [0.1, 0.15) is 6.04 Å². The summed E-state index contributed by atoms with van der Waals surface area (Å²) in [6, 6.07) is 12.3. The second-order valence-corrected chi connectivity index (χ2v) is 5.31. The molecule has 1 aliphatic rings. The van der Waals surface area contributed by atoms with Gasteiger partial charge in [-0.25, -0.2) is 0 Å². The van der Waals surface area contributed by atoms with Gasteiger partial charge in [-0.3, -0.25) is 0 Å². The summed E-state index contributed by atoms with van der Waals surface area (Å²) in [5.74, 6) is 0.993. The fourth-order valence-corrected chi connectivity index (χ4v) is 2.82.